The number of hydrogen-bond acceptors (Lipinski definition) is 3. The van der Waals surface area contributed by atoms with E-state index in [2.05, 4.69) is 11.4 Å². The Bertz CT molecular complexity index is 633. The first kappa shape index (κ1) is 21.7. The van der Waals surface area contributed by atoms with Gasteiger partial charge in [-0.25, -0.2) is 4.79 Å². The lowest BCUT2D eigenvalue weighted by molar-refractivity contribution is -1.02. The van der Waals surface area contributed by atoms with Crippen molar-refractivity contribution in [3.8, 4) is 0 Å². The molecule has 1 fully saturated rings. The molecule has 0 spiro atoms. The predicted octanol–water partition coefficient (Wildman–Crippen LogP) is -0.673. The van der Waals surface area contributed by atoms with E-state index in [0.29, 0.717) is 6.54 Å². The van der Waals surface area contributed by atoms with E-state index in [1.54, 1.807) is 0 Å². The number of methoxy groups -OCH3 is 1. The molecule has 150 valence electrons. The van der Waals surface area contributed by atoms with E-state index in [-0.39, 0.29) is 17.8 Å². The number of carbonyl (C=O) groups excluding carboxylic acids is 2. The highest BCUT2D eigenvalue weighted by Crippen LogP contribution is 2.10. The van der Waals surface area contributed by atoms with Crippen molar-refractivity contribution in [2.45, 2.75) is 32.9 Å². The van der Waals surface area contributed by atoms with Crippen LogP contribution in [0.3, 0.4) is 0 Å². The molecule has 0 unspecified atom stereocenters. The highest BCUT2D eigenvalue weighted by molar-refractivity contribution is 6.30. The first-order valence-electron chi connectivity index (χ1n) is 9.71. The maximum Gasteiger partial charge on any atom is 0.328 e. The van der Waals surface area contributed by atoms with Gasteiger partial charge in [0.1, 0.15) is 38.8 Å². The number of piperazine rings is 1. The Morgan fingerprint density at radius 1 is 1.22 bits per heavy atom. The van der Waals surface area contributed by atoms with Gasteiger partial charge in [0.2, 0.25) is 0 Å². The third kappa shape index (κ3) is 6.79. The molecule has 1 aliphatic heterocycles. The van der Waals surface area contributed by atoms with Gasteiger partial charge in [0.15, 0.2) is 6.54 Å². The van der Waals surface area contributed by atoms with Crippen molar-refractivity contribution in [1.82, 2.24) is 5.32 Å². The van der Waals surface area contributed by atoms with Gasteiger partial charge in [-0.2, -0.15) is 0 Å². The smallest absolute Gasteiger partial charge is 0.328 e. The van der Waals surface area contributed by atoms with Gasteiger partial charge < -0.3 is 19.9 Å². The summed E-state index contributed by atoms with van der Waals surface area (Å²) in [7, 11) is 1.36. The second kappa shape index (κ2) is 10.6. The molecule has 1 aliphatic rings. The summed E-state index contributed by atoms with van der Waals surface area (Å²) in [5.41, 5.74) is 1.24. The van der Waals surface area contributed by atoms with Crippen LogP contribution in [0.1, 0.15) is 25.8 Å². The highest BCUT2D eigenvalue weighted by Gasteiger charge is 2.30. The van der Waals surface area contributed by atoms with Crippen LogP contribution < -0.4 is 15.1 Å². The van der Waals surface area contributed by atoms with E-state index in [4.69, 9.17) is 16.3 Å². The lowest BCUT2D eigenvalue weighted by Crippen LogP contribution is -3.28. The van der Waals surface area contributed by atoms with E-state index >= 15 is 0 Å². The largest absolute Gasteiger partial charge is 0.467 e. The van der Waals surface area contributed by atoms with E-state index < -0.39 is 6.04 Å². The summed E-state index contributed by atoms with van der Waals surface area (Å²) in [4.78, 5) is 27.1. The number of quaternary nitrogens is 2. The molecular weight excluding hydrogens is 366 g/mol. The normalized spacial score (nSPS) is 21.9. The van der Waals surface area contributed by atoms with Crippen LogP contribution in [0.2, 0.25) is 5.02 Å². The number of rotatable bonds is 8. The Hall–Kier alpha value is -1.63. The van der Waals surface area contributed by atoms with Gasteiger partial charge in [0, 0.05) is 10.6 Å². The minimum absolute atomic E-state index is 0.0513. The van der Waals surface area contributed by atoms with Gasteiger partial charge in [-0.05, 0) is 18.1 Å². The van der Waals surface area contributed by atoms with Crippen molar-refractivity contribution < 1.29 is 24.1 Å². The standard InChI is InChI=1S/C20H30ClN3O3/c1-4-15(2)19(20(26)27-3)22-18(25)14-24-10-8-23(9-11-24)13-16-6-5-7-17(21)12-16/h5-7,12,15,19H,4,8-11,13-14H2,1-3H3,(H,22,25)/p+2/t15-,19-/m0/s1. The van der Waals surface area contributed by atoms with Crippen molar-refractivity contribution in [3.63, 3.8) is 0 Å². The van der Waals surface area contributed by atoms with E-state index in [0.717, 1.165) is 44.2 Å². The highest BCUT2D eigenvalue weighted by atomic mass is 35.5. The second-order valence-corrected chi connectivity index (χ2v) is 7.87. The number of esters is 1. The van der Waals surface area contributed by atoms with Gasteiger partial charge in [-0.3, -0.25) is 4.79 Å². The zero-order chi connectivity index (χ0) is 19.8. The minimum atomic E-state index is -0.568. The van der Waals surface area contributed by atoms with E-state index in [9.17, 15) is 9.59 Å². The summed E-state index contributed by atoms with van der Waals surface area (Å²) in [5.74, 6) is -0.405. The third-order valence-electron chi connectivity index (χ3n) is 5.40. The summed E-state index contributed by atoms with van der Waals surface area (Å²) < 4.78 is 4.83. The van der Waals surface area contributed by atoms with Gasteiger partial charge in [-0.1, -0.05) is 44.0 Å². The van der Waals surface area contributed by atoms with Crippen LogP contribution in [0, 0.1) is 5.92 Å². The number of carbonyl (C=O) groups is 2. The number of amides is 1. The van der Waals surface area contributed by atoms with Crippen LogP contribution in [0.25, 0.3) is 0 Å². The predicted molar refractivity (Wildman–Crippen MR) is 105 cm³/mol. The monoisotopic (exact) mass is 397 g/mol. The average molecular weight is 398 g/mol. The molecule has 1 saturated heterocycles. The lowest BCUT2D eigenvalue weighted by atomic mass is 9.99. The first-order valence-corrected chi connectivity index (χ1v) is 10.1. The molecule has 6 nitrogen and oxygen atoms in total. The minimum Gasteiger partial charge on any atom is -0.467 e. The Balaban J connectivity index is 1.78. The molecule has 3 N–H and O–H groups in total. The third-order valence-corrected chi connectivity index (χ3v) is 5.64. The molecular formula is C20H32ClN3O3+2. The molecule has 1 amide bonds. The summed E-state index contributed by atoms with van der Waals surface area (Å²) in [6.45, 7) is 9.21. The number of halogens is 1. The zero-order valence-electron chi connectivity index (χ0n) is 16.5. The lowest BCUT2D eigenvalue weighted by Gasteiger charge is -2.30. The Labute approximate surface area is 166 Å². The van der Waals surface area contributed by atoms with Crippen LogP contribution in [-0.4, -0.2) is 57.8 Å². The zero-order valence-corrected chi connectivity index (χ0v) is 17.3. The molecule has 2 atom stereocenters. The number of nitrogens with one attached hydrogen (secondary N) is 3. The van der Waals surface area contributed by atoms with Crippen LogP contribution >= 0.6 is 11.6 Å². The Kier molecular flexibility index (Phi) is 8.54. The molecule has 0 saturated carbocycles. The van der Waals surface area contributed by atoms with Crippen molar-refractivity contribution >= 4 is 23.5 Å². The Morgan fingerprint density at radius 2 is 1.89 bits per heavy atom. The second-order valence-electron chi connectivity index (χ2n) is 7.44. The van der Waals surface area contributed by atoms with E-state index in [1.165, 1.54) is 22.5 Å². The van der Waals surface area contributed by atoms with Crippen LogP contribution in [-0.2, 0) is 20.9 Å². The fourth-order valence-electron chi connectivity index (χ4n) is 3.49. The SMILES string of the molecule is CC[C@H](C)[C@H](NC(=O)C[NH+]1CC[NH+](Cc2cccc(Cl)c2)CC1)C(=O)OC. The maximum absolute atomic E-state index is 12.4. The fraction of sp³-hybridized carbons (Fsp3) is 0.600. The fourth-order valence-corrected chi connectivity index (χ4v) is 3.71. The number of ether oxygens (including phenoxy) is 1. The molecule has 1 aromatic rings. The summed E-state index contributed by atoms with van der Waals surface area (Å²) in [5, 5.41) is 3.64. The number of hydrogen-bond donors (Lipinski definition) is 3. The topological polar surface area (TPSA) is 64.3 Å². The molecule has 27 heavy (non-hydrogen) atoms. The van der Waals surface area contributed by atoms with Crippen LogP contribution in [0.5, 0.6) is 0 Å². The number of benzene rings is 1. The van der Waals surface area contributed by atoms with Gasteiger partial charge in [0.25, 0.3) is 5.91 Å². The molecule has 2 rings (SSSR count). The molecule has 7 heteroatoms. The van der Waals surface area contributed by atoms with Crippen molar-refractivity contribution in [2.75, 3.05) is 39.8 Å². The summed E-state index contributed by atoms with van der Waals surface area (Å²) in [6.07, 6.45) is 0.804. The average Bonchev–Trinajstić information content (AvgIpc) is 2.66. The Morgan fingerprint density at radius 3 is 2.48 bits per heavy atom. The van der Waals surface area contributed by atoms with Crippen LogP contribution in [0.4, 0.5) is 0 Å². The molecule has 0 aliphatic carbocycles. The molecule has 0 radical (unpaired) electrons. The quantitative estimate of drug-likeness (QED) is 0.510. The molecule has 0 bridgehead atoms. The molecule has 1 aromatic carbocycles. The van der Waals surface area contributed by atoms with Crippen molar-refractivity contribution in [3.05, 3.63) is 34.9 Å². The van der Waals surface area contributed by atoms with Gasteiger partial charge in [0.05, 0.1) is 7.11 Å². The van der Waals surface area contributed by atoms with E-state index in [1.807, 2.05) is 32.0 Å². The molecule has 1 heterocycles. The maximum atomic E-state index is 12.4. The van der Waals surface area contributed by atoms with Crippen molar-refractivity contribution in [1.29, 1.82) is 0 Å². The first-order chi connectivity index (χ1) is 12.9. The molecule has 0 aromatic heterocycles. The summed E-state index contributed by atoms with van der Waals surface area (Å²) in [6, 6.07) is 7.43. The summed E-state index contributed by atoms with van der Waals surface area (Å²) >= 11 is 6.06. The van der Waals surface area contributed by atoms with Crippen molar-refractivity contribution in [2.24, 2.45) is 5.92 Å². The van der Waals surface area contributed by atoms with Crippen LogP contribution in [0.15, 0.2) is 24.3 Å². The van der Waals surface area contributed by atoms with Gasteiger partial charge >= 0.3 is 5.97 Å². The van der Waals surface area contributed by atoms with Gasteiger partial charge in [-0.15, -0.1) is 0 Å².